The maximum atomic E-state index is 11.4. The summed E-state index contributed by atoms with van der Waals surface area (Å²) in [6.45, 7) is 8.26. The molecule has 10 heteroatoms. The van der Waals surface area contributed by atoms with Gasteiger partial charge in [-0.05, 0) is 53.5 Å². The molecule has 0 fully saturated rings. The average Bonchev–Trinajstić information content (AvgIpc) is 2.81. The molecule has 0 bridgehead atoms. The molecule has 0 spiro atoms. The summed E-state index contributed by atoms with van der Waals surface area (Å²) in [5, 5.41) is 17.5. The minimum atomic E-state index is -1.82. The molecule has 1 amide bonds. The van der Waals surface area contributed by atoms with Gasteiger partial charge in [0.1, 0.15) is 0 Å². The van der Waals surface area contributed by atoms with Crippen LogP contribution in [0.25, 0.3) is 0 Å². The summed E-state index contributed by atoms with van der Waals surface area (Å²) in [5.74, 6) is -4.46. The third-order valence-electron chi connectivity index (χ3n) is 5.50. The number of benzene rings is 2. The largest absolute Gasteiger partial charge is 0.473 e. The molecule has 0 aromatic heterocycles. The third-order valence-corrected chi connectivity index (χ3v) is 5.50. The summed E-state index contributed by atoms with van der Waals surface area (Å²) >= 11 is 0. The molecule has 2 aromatic carbocycles. The Morgan fingerprint density at radius 2 is 1.14 bits per heavy atom. The van der Waals surface area contributed by atoms with E-state index in [4.69, 9.17) is 31.3 Å². The molecular weight excluding hydrogens is 474 g/mol. The number of hydrogen-bond donors (Lipinski definition) is 5. The number of nitrogen functional groups attached to an aromatic ring is 2. The van der Waals surface area contributed by atoms with Gasteiger partial charge in [0.2, 0.25) is 5.78 Å². The average molecular weight is 508 g/mol. The van der Waals surface area contributed by atoms with E-state index in [0.29, 0.717) is 0 Å². The molecule has 35 heavy (non-hydrogen) atoms. The quantitative estimate of drug-likeness (QED) is 0.309. The van der Waals surface area contributed by atoms with Crippen molar-refractivity contribution >= 4 is 53.1 Å². The lowest BCUT2D eigenvalue weighted by molar-refractivity contribution is -0.159. The second-order valence-electron chi connectivity index (χ2n) is 7.53. The molecule has 0 radical (unpaired) electrons. The van der Waals surface area contributed by atoms with Crippen LogP contribution in [0.4, 0.5) is 17.1 Å². The van der Waals surface area contributed by atoms with Crippen LogP contribution >= 0.6 is 12.4 Å². The molecule has 192 valence electrons. The fraction of sp³-hybridized carbons (Fsp3) is 0.360. The highest BCUT2D eigenvalue weighted by molar-refractivity contribution is 6.42. The number of carboxylic acids is 2. The molecule has 3 rings (SSSR count). The van der Waals surface area contributed by atoms with Crippen molar-refractivity contribution in [1.82, 2.24) is 0 Å². The molecule has 7 N–H and O–H groups in total. The zero-order valence-corrected chi connectivity index (χ0v) is 21.3. The van der Waals surface area contributed by atoms with E-state index in [1.54, 1.807) is 0 Å². The minimum absolute atomic E-state index is 0. The summed E-state index contributed by atoms with van der Waals surface area (Å²) in [7, 11) is 0. The zero-order chi connectivity index (χ0) is 26.0. The third kappa shape index (κ3) is 8.29. The van der Waals surface area contributed by atoms with E-state index in [-0.39, 0.29) is 24.6 Å². The first-order chi connectivity index (χ1) is 16.0. The van der Waals surface area contributed by atoms with E-state index >= 15 is 0 Å². The number of fused-ring (bicyclic) bond motifs is 1. The number of nitrogens with one attached hydrogen (secondary N) is 1. The number of carbonyl (C=O) groups excluding carboxylic acids is 2. The maximum absolute atomic E-state index is 11.4. The Bertz CT molecular complexity index is 1000. The number of hydrogen-bond acceptors (Lipinski definition) is 6. The van der Waals surface area contributed by atoms with Crippen LogP contribution in [-0.2, 0) is 51.3 Å². The summed E-state index contributed by atoms with van der Waals surface area (Å²) in [6.07, 6.45) is 3.88. The first kappa shape index (κ1) is 31.4. The van der Waals surface area contributed by atoms with E-state index in [0.717, 1.165) is 70.6 Å². The Kier molecular flexibility index (Phi) is 13.1. The highest BCUT2D eigenvalue weighted by Gasteiger charge is 2.26. The summed E-state index contributed by atoms with van der Waals surface area (Å²) in [4.78, 5) is 41.0. The van der Waals surface area contributed by atoms with Crippen molar-refractivity contribution in [3.8, 4) is 0 Å². The summed E-state index contributed by atoms with van der Waals surface area (Å²) < 4.78 is 0. The molecule has 1 aliphatic heterocycles. The van der Waals surface area contributed by atoms with Crippen molar-refractivity contribution in [3.63, 3.8) is 0 Å². The maximum Gasteiger partial charge on any atom is 0.414 e. The van der Waals surface area contributed by atoms with Gasteiger partial charge in [-0.25, -0.2) is 9.59 Å². The van der Waals surface area contributed by atoms with Gasteiger partial charge < -0.3 is 27.0 Å². The van der Waals surface area contributed by atoms with E-state index in [1.165, 1.54) is 0 Å². The first-order valence-corrected chi connectivity index (χ1v) is 11.1. The predicted octanol–water partition coefficient (Wildman–Crippen LogP) is 3.43. The van der Waals surface area contributed by atoms with Gasteiger partial charge in [0.15, 0.2) is 0 Å². The lowest BCUT2D eigenvalue weighted by Crippen LogP contribution is -2.31. The fourth-order valence-corrected chi connectivity index (χ4v) is 3.49. The van der Waals surface area contributed by atoms with Crippen LogP contribution in [0.15, 0.2) is 24.3 Å². The van der Waals surface area contributed by atoms with E-state index in [2.05, 4.69) is 44.3 Å². The number of nitrogens with two attached hydrogens (primary N) is 2. The van der Waals surface area contributed by atoms with Gasteiger partial charge in [0.25, 0.3) is 5.91 Å². The fourth-order valence-electron chi connectivity index (χ4n) is 3.49. The van der Waals surface area contributed by atoms with Gasteiger partial charge in [-0.3, -0.25) is 9.59 Å². The second-order valence-corrected chi connectivity index (χ2v) is 7.53. The van der Waals surface area contributed by atoms with Crippen LogP contribution in [0.1, 0.15) is 55.5 Å². The Balaban J connectivity index is 0.000000540. The molecule has 0 saturated carbocycles. The van der Waals surface area contributed by atoms with Gasteiger partial charge in [-0.2, -0.15) is 0 Å². The van der Waals surface area contributed by atoms with Crippen molar-refractivity contribution in [2.75, 3.05) is 16.8 Å². The summed E-state index contributed by atoms with van der Waals surface area (Å²) in [6, 6.07) is 8.21. The van der Waals surface area contributed by atoms with Crippen LogP contribution in [0.5, 0.6) is 0 Å². The molecule has 0 unspecified atom stereocenters. The van der Waals surface area contributed by atoms with Gasteiger partial charge in [0, 0.05) is 12.1 Å². The van der Waals surface area contributed by atoms with Gasteiger partial charge >= 0.3 is 11.9 Å². The number of amides is 1. The number of ketones is 1. The van der Waals surface area contributed by atoms with Crippen molar-refractivity contribution in [2.24, 2.45) is 0 Å². The molecule has 9 nitrogen and oxygen atoms in total. The van der Waals surface area contributed by atoms with Crippen molar-refractivity contribution in [1.29, 1.82) is 0 Å². The smallest absolute Gasteiger partial charge is 0.414 e. The molecule has 1 heterocycles. The number of aryl methyl sites for hydroxylation is 4. The molecular formula is C25H34ClN3O6. The topological polar surface area (TPSA) is 173 Å². The predicted molar refractivity (Wildman–Crippen MR) is 139 cm³/mol. The van der Waals surface area contributed by atoms with Crippen LogP contribution in [-0.4, -0.2) is 33.8 Å². The normalized spacial score (nSPS) is 11.4. The Hall–Kier alpha value is -3.59. The monoisotopic (exact) mass is 507 g/mol. The van der Waals surface area contributed by atoms with Crippen LogP contribution in [0.2, 0.25) is 0 Å². The Labute approximate surface area is 211 Å². The Morgan fingerprint density at radius 3 is 1.51 bits per heavy atom. The number of halogens is 1. The number of carboxylic acid groups (broad SMARTS) is 2. The molecule has 1 aliphatic rings. The number of aliphatic carboxylic acids is 2. The standard InChI is InChI=1S/C13H15NO2.C10H16N2.C2H2O4.ClH/c1-3-8-5-6-9(4-2)12-10(8)7-11(15)13(16)14-12;1-3-7-5-6-8(4-2)10(12)9(7)11;3-1(4)2(5)6;/h5-6H,3-4,7H2,1-2H3,(H,14,16);5-6H,3-4,11-12H2,1-2H3;(H,3,4)(H,5,6);1H. The van der Waals surface area contributed by atoms with Gasteiger partial charge in [0.05, 0.1) is 11.4 Å². The molecule has 2 aromatic rings. The minimum Gasteiger partial charge on any atom is -0.473 e. The van der Waals surface area contributed by atoms with Crippen molar-refractivity contribution in [2.45, 2.75) is 59.8 Å². The number of anilines is 3. The Morgan fingerprint density at radius 1 is 0.771 bits per heavy atom. The number of rotatable bonds is 4. The number of Topliss-reactive ketones (excluding diaryl/α,β-unsaturated/α-hetero) is 1. The summed E-state index contributed by atoms with van der Waals surface area (Å²) in [5.41, 5.74) is 19.6. The molecule has 0 aliphatic carbocycles. The molecule has 0 saturated heterocycles. The van der Waals surface area contributed by atoms with Gasteiger partial charge in [-0.15, -0.1) is 12.4 Å². The van der Waals surface area contributed by atoms with Crippen molar-refractivity contribution < 1.29 is 29.4 Å². The lowest BCUT2D eigenvalue weighted by atomic mass is 9.91. The number of carbonyl (C=O) groups is 4. The van der Waals surface area contributed by atoms with Gasteiger partial charge in [-0.1, -0.05) is 52.0 Å². The van der Waals surface area contributed by atoms with Crippen molar-refractivity contribution in [3.05, 3.63) is 52.1 Å². The van der Waals surface area contributed by atoms with E-state index < -0.39 is 17.8 Å². The van der Waals surface area contributed by atoms with Crippen LogP contribution in [0.3, 0.4) is 0 Å². The van der Waals surface area contributed by atoms with Crippen LogP contribution in [0, 0.1) is 0 Å². The second kappa shape index (κ2) is 14.6. The highest BCUT2D eigenvalue weighted by Crippen LogP contribution is 2.29. The lowest BCUT2D eigenvalue weighted by Gasteiger charge is -2.21. The molecule has 0 atom stereocenters. The highest BCUT2D eigenvalue weighted by atomic mass is 35.5. The zero-order valence-electron chi connectivity index (χ0n) is 20.4. The van der Waals surface area contributed by atoms with Crippen LogP contribution < -0.4 is 16.8 Å². The van der Waals surface area contributed by atoms with E-state index in [1.807, 2.05) is 13.0 Å². The van der Waals surface area contributed by atoms with E-state index in [9.17, 15) is 9.59 Å². The first-order valence-electron chi connectivity index (χ1n) is 11.1. The SMILES string of the molecule is CCc1ccc(CC)c(N)c1N.CCc1ccc(CC)c2c1CC(=O)C(=O)N2.Cl.O=C(O)C(=O)O.